The number of aliphatic carboxylic acids is 1. The van der Waals surface area contributed by atoms with Gasteiger partial charge >= 0.3 is 12.1 Å². The Hall–Kier alpha value is -3.79. The lowest BCUT2D eigenvalue weighted by Gasteiger charge is -2.33. The molecule has 180 valence electrons. The van der Waals surface area contributed by atoms with Gasteiger partial charge in [0.25, 0.3) is 0 Å². The molecule has 2 aromatic carbocycles. The highest BCUT2D eigenvalue weighted by atomic mass is 16.5. The van der Waals surface area contributed by atoms with E-state index >= 15 is 0 Å². The molecule has 0 bridgehead atoms. The van der Waals surface area contributed by atoms with Crippen LogP contribution in [0.1, 0.15) is 49.1 Å². The highest BCUT2D eigenvalue weighted by molar-refractivity contribution is 5.91. The number of carbonyl (C=O) groups is 3. The summed E-state index contributed by atoms with van der Waals surface area (Å²) in [6.07, 6.45) is 8.01. The van der Waals surface area contributed by atoms with E-state index in [-0.39, 0.29) is 36.8 Å². The molecule has 35 heavy (non-hydrogen) atoms. The summed E-state index contributed by atoms with van der Waals surface area (Å²) in [7, 11) is 0. The van der Waals surface area contributed by atoms with E-state index in [9.17, 15) is 19.5 Å². The Morgan fingerprint density at radius 2 is 1.71 bits per heavy atom. The van der Waals surface area contributed by atoms with Gasteiger partial charge in [0, 0.05) is 18.9 Å². The molecule has 0 saturated heterocycles. The molecular weight excluding hydrogens is 444 g/mol. The monoisotopic (exact) mass is 472 g/mol. The van der Waals surface area contributed by atoms with Crippen LogP contribution in [-0.2, 0) is 14.3 Å². The minimum absolute atomic E-state index is 0.0515. The van der Waals surface area contributed by atoms with E-state index in [1.165, 1.54) is 0 Å². The van der Waals surface area contributed by atoms with Gasteiger partial charge in [0.15, 0.2) is 0 Å². The zero-order valence-corrected chi connectivity index (χ0v) is 19.4. The number of fused-ring (bicyclic) bond motifs is 3. The first-order chi connectivity index (χ1) is 16.9. The van der Waals surface area contributed by atoms with Gasteiger partial charge < -0.3 is 20.5 Å². The molecule has 7 heteroatoms. The maximum atomic E-state index is 13.1. The number of hydrogen-bond donors (Lipinski definition) is 3. The molecule has 3 aliphatic rings. The van der Waals surface area contributed by atoms with Crippen LogP contribution in [0.25, 0.3) is 11.1 Å². The number of ether oxygens (including phenoxy) is 1. The Balaban J connectivity index is 1.23. The van der Waals surface area contributed by atoms with Crippen LogP contribution in [0.2, 0.25) is 0 Å². The fourth-order valence-corrected chi connectivity index (χ4v) is 5.93. The van der Waals surface area contributed by atoms with Crippen molar-refractivity contribution in [2.75, 3.05) is 13.2 Å². The van der Waals surface area contributed by atoms with Crippen molar-refractivity contribution in [3.8, 4) is 23.5 Å². The Bertz CT molecular complexity index is 1180. The second-order valence-electron chi connectivity index (χ2n) is 9.84. The molecule has 0 radical (unpaired) electrons. The Labute approximate surface area is 204 Å². The first kappa shape index (κ1) is 23.0. The van der Waals surface area contributed by atoms with E-state index in [2.05, 4.69) is 40.8 Å². The Kier molecular flexibility index (Phi) is 5.76. The van der Waals surface area contributed by atoms with Crippen molar-refractivity contribution in [2.24, 2.45) is 10.8 Å². The van der Waals surface area contributed by atoms with Crippen LogP contribution in [0.5, 0.6) is 0 Å². The number of carboxylic acid groups (broad SMARTS) is 1. The quantitative estimate of drug-likeness (QED) is 0.509. The number of carbonyl (C=O) groups excluding carboxylic acids is 2. The van der Waals surface area contributed by atoms with Gasteiger partial charge in [0.2, 0.25) is 5.91 Å². The van der Waals surface area contributed by atoms with Crippen LogP contribution in [0, 0.1) is 23.2 Å². The van der Waals surface area contributed by atoms with Gasteiger partial charge in [-0.25, -0.2) is 9.59 Å². The van der Waals surface area contributed by atoms with Crippen LogP contribution in [-0.4, -0.2) is 42.3 Å². The third-order valence-corrected chi connectivity index (χ3v) is 8.08. The highest BCUT2D eigenvalue weighted by Gasteiger charge is 2.73. The van der Waals surface area contributed by atoms with Crippen LogP contribution in [0.4, 0.5) is 4.79 Å². The maximum Gasteiger partial charge on any atom is 0.407 e. The van der Waals surface area contributed by atoms with Crippen molar-refractivity contribution in [1.29, 1.82) is 0 Å². The molecule has 0 heterocycles. The fraction of sp³-hybridized carbons (Fsp3) is 0.393. The summed E-state index contributed by atoms with van der Waals surface area (Å²) in [5, 5.41) is 14.8. The lowest BCUT2D eigenvalue weighted by Crippen LogP contribution is -2.50. The number of hydrogen-bond acceptors (Lipinski definition) is 4. The summed E-state index contributed by atoms with van der Waals surface area (Å²) in [6.45, 7) is 0.297. The lowest BCUT2D eigenvalue weighted by molar-refractivity contribution is -0.143. The third-order valence-electron chi connectivity index (χ3n) is 8.08. The number of carboxylic acids is 1. The van der Waals surface area contributed by atoms with E-state index in [4.69, 9.17) is 11.2 Å². The summed E-state index contributed by atoms with van der Waals surface area (Å²) >= 11 is 0. The van der Waals surface area contributed by atoms with Crippen LogP contribution in [0.3, 0.4) is 0 Å². The molecule has 5 rings (SSSR count). The van der Waals surface area contributed by atoms with Gasteiger partial charge in [0.1, 0.15) is 12.6 Å². The van der Waals surface area contributed by atoms with Crippen molar-refractivity contribution in [3.63, 3.8) is 0 Å². The van der Waals surface area contributed by atoms with E-state index in [0.717, 1.165) is 41.5 Å². The maximum absolute atomic E-state index is 13.1. The van der Waals surface area contributed by atoms with Gasteiger partial charge in [0.05, 0.1) is 5.41 Å². The standard InChI is InChI=1S/C28H28N2O5/c1-2-8-23(24(31)32)30-25(33)28(16-27(28)13-7-14-27)17-29-26(34)35-15-22-20-11-5-3-9-18(20)19-10-4-6-12-21(19)22/h1,3-6,9-12,22-23H,7-8,13-17H2,(H,29,34)(H,30,33)(H,31,32). The van der Waals surface area contributed by atoms with Gasteiger partial charge in [-0.3, -0.25) is 4.79 Å². The highest BCUT2D eigenvalue weighted by Crippen LogP contribution is 2.73. The molecule has 2 aromatic rings. The molecule has 7 nitrogen and oxygen atoms in total. The van der Waals surface area contributed by atoms with Crippen molar-refractivity contribution < 1.29 is 24.2 Å². The van der Waals surface area contributed by atoms with Gasteiger partial charge in [-0.15, -0.1) is 12.3 Å². The molecule has 3 aliphatic carbocycles. The summed E-state index contributed by atoms with van der Waals surface area (Å²) in [6, 6.07) is 15.1. The molecule has 3 N–H and O–H groups in total. The van der Waals surface area contributed by atoms with E-state index in [1.54, 1.807) is 0 Å². The number of alkyl carbamates (subject to hydrolysis) is 1. The van der Waals surface area contributed by atoms with Crippen molar-refractivity contribution in [2.45, 2.75) is 44.1 Å². The summed E-state index contributed by atoms with van der Waals surface area (Å²) < 4.78 is 5.62. The second-order valence-corrected chi connectivity index (χ2v) is 9.84. The minimum atomic E-state index is -1.17. The van der Waals surface area contributed by atoms with Gasteiger partial charge in [-0.2, -0.15) is 0 Å². The van der Waals surface area contributed by atoms with E-state index in [0.29, 0.717) is 6.42 Å². The first-order valence-corrected chi connectivity index (χ1v) is 12.0. The van der Waals surface area contributed by atoms with Gasteiger partial charge in [-0.1, -0.05) is 55.0 Å². The van der Waals surface area contributed by atoms with E-state index < -0.39 is 23.5 Å². The van der Waals surface area contributed by atoms with Crippen LogP contribution < -0.4 is 10.6 Å². The van der Waals surface area contributed by atoms with Gasteiger partial charge in [-0.05, 0) is 46.9 Å². The summed E-state index contributed by atoms with van der Waals surface area (Å²) in [5.74, 6) is 0.717. The first-order valence-electron chi connectivity index (χ1n) is 12.0. The largest absolute Gasteiger partial charge is 0.480 e. The number of amides is 2. The molecule has 2 amide bonds. The fourth-order valence-electron chi connectivity index (χ4n) is 5.93. The Morgan fingerprint density at radius 3 is 2.23 bits per heavy atom. The molecule has 2 fully saturated rings. The predicted octanol–water partition coefficient (Wildman–Crippen LogP) is 3.68. The number of rotatable bonds is 8. The molecule has 2 saturated carbocycles. The van der Waals surface area contributed by atoms with Crippen LogP contribution >= 0.6 is 0 Å². The predicted molar refractivity (Wildman–Crippen MR) is 129 cm³/mol. The zero-order chi connectivity index (χ0) is 24.6. The number of terminal acetylenes is 1. The number of nitrogens with one attached hydrogen (secondary N) is 2. The third kappa shape index (κ3) is 3.83. The average Bonchev–Trinajstić information content (AvgIpc) is 3.45. The van der Waals surface area contributed by atoms with Crippen molar-refractivity contribution in [1.82, 2.24) is 10.6 Å². The molecule has 1 spiro atoms. The molecule has 2 unspecified atom stereocenters. The summed E-state index contributed by atoms with van der Waals surface area (Å²) in [5.41, 5.74) is 3.56. The Morgan fingerprint density at radius 1 is 1.09 bits per heavy atom. The molecule has 0 aromatic heterocycles. The zero-order valence-electron chi connectivity index (χ0n) is 19.4. The van der Waals surface area contributed by atoms with Crippen LogP contribution in [0.15, 0.2) is 48.5 Å². The second kappa shape index (κ2) is 8.77. The van der Waals surface area contributed by atoms with Crippen molar-refractivity contribution in [3.05, 3.63) is 59.7 Å². The average molecular weight is 473 g/mol. The molecule has 2 atom stereocenters. The lowest BCUT2D eigenvalue weighted by atomic mass is 9.74. The molecular formula is C28H28N2O5. The SMILES string of the molecule is C#CCC(NC(=O)C1(CNC(=O)OCC2c3ccccc3-c3ccccc32)CC12CCC2)C(=O)O. The summed E-state index contributed by atoms with van der Waals surface area (Å²) in [4.78, 5) is 37.3. The number of benzene rings is 2. The molecule has 0 aliphatic heterocycles. The van der Waals surface area contributed by atoms with E-state index in [1.807, 2.05) is 24.3 Å². The smallest absolute Gasteiger partial charge is 0.407 e. The normalized spacial score (nSPS) is 21.6. The van der Waals surface area contributed by atoms with Crippen molar-refractivity contribution >= 4 is 18.0 Å². The topological polar surface area (TPSA) is 105 Å². The minimum Gasteiger partial charge on any atom is -0.480 e.